The van der Waals surface area contributed by atoms with Crippen molar-refractivity contribution in [2.45, 2.75) is 23.8 Å². The molecule has 122 valence electrons. The van der Waals surface area contributed by atoms with E-state index in [1.165, 1.54) is 12.1 Å². The van der Waals surface area contributed by atoms with Crippen LogP contribution in [-0.4, -0.2) is 50.1 Å². The fourth-order valence-electron chi connectivity index (χ4n) is 2.33. The molecule has 2 rings (SSSR count). The van der Waals surface area contributed by atoms with Crippen molar-refractivity contribution >= 4 is 31.9 Å². The van der Waals surface area contributed by atoms with Gasteiger partial charge in [0.25, 0.3) is 0 Å². The lowest BCUT2D eigenvalue weighted by Crippen LogP contribution is -2.45. The van der Waals surface area contributed by atoms with E-state index in [0.717, 1.165) is 6.07 Å². The number of carboxylic acids is 1. The third-order valence-electron chi connectivity index (χ3n) is 3.47. The summed E-state index contributed by atoms with van der Waals surface area (Å²) >= 11 is 2.98. The summed E-state index contributed by atoms with van der Waals surface area (Å²) < 4.78 is 40.7. The van der Waals surface area contributed by atoms with Crippen molar-refractivity contribution < 1.29 is 22.7 Å². The molecule has 1 heterocycles. The van der Waals surface area contributed by atoms with E-state index in [9.17, 15) is 17.6 Å². The molecule has 2 N–H and O–H groups in total. The van der Waals surface area contributed by atoms with Crippen LogP contribution in [-0.2, 0) is 14.8 Å². The molecule has 0 aliphatic carbocycles. The largest absolute Gasteiger partial charge is 0.480 e. The van der Waals surface area contributed by atoms with E-state index in [2.05, 4.69) is 20.7 Å². The first-order valence-corrected chi connectivity index (χ1v) is 8.97. The molecular weight excluding hydrogens is 379 g/mol. The van der Waals surface area contributed by atoms with Gasteiger partial charge in [0.05, 0.1) is 15.9 Å². The number of hydrogen-bond donors (Lipinski definition) is 2. The van der Waals surface area contributed by atoms with Gasteiger partial charge in [-0.3, -0.25) is 9.69 Å². The molecule has 1 aliphatic heterocycles. The van der Waals surface area contributed by atoms with Crippen LogP contribution >= 0.6 is 15.9 Å². The SMILES string of the molecule is O=C(O)CN1CCC(NS(=O)(=O)c2ccc(Br)c(F)c2)CC1. The summed E-state index contributed by atoms with van der Waals surface area (Å²) in [4.78, 5) is 12.3. The van der Waals surface area contributed by atoms with Gasteiger partial charge in [-0.15, -0.1) is 0 Å². The predicted molar refractivity (Wildman–Crippen MR) is 81.5 cm³/mol. The van der Waals surface area contributed by atoms with E-state index >= 15 is 0 Å². The second kappa shape index (κ2) is 7.03. The number of hydrogen-bond acceptors (Lipinski definition) is 4. The van der Waals surface area contributed by atoms with Gasteiger partial charge < -0.3 is 5.11 Å². The lowest BCUT2D eigenvalue weighted by atomic mass is 10.1. The van der Waals surface area contributed by atoms with E-state index < -0.39 is 21.8 Å². The zero-order valence-corrected chi connectivity index (χ0v) is 14.0. The van der Waals surface area contributed by atoms with Crippen molar-refractivity contribution in [3.8, 4) is 0 Å². The van der Waals surface area contributed by atoms with E-state index in [-0.39, 0.29) is 22.0 Å². The first-order chi connectivity index (χ1) is 10.3. The van der Waals surface area contributed by atoms with Gasteiger partial charge in [0, 0.05) is 19.1 Å². The minimum absolute atomic E-state index is 0.0443. The van der Waals surface area contributed by atoms with Crippen LogP contribution in [0.4, 0.5) is 4.39 Å². The fourth-order valence-corrected chi connectivity index (χ4v) is 3.89. The highest BCUT2D eigenvalue weighted by Gasteiger charge is 2.25. The van der Waals surface area contributed by atoms with Gasteiger partial charge in [0.1, 0.15) is 5.82 Å². The van der Waals surface area contributed by atoms with E-state index in [4.69, 9.17) is 5.11 Å². The Labute approximate surface area is 136 Å². The van der Waals surface area contributed by atoms with Crippen molar-refractivity contribution in [3.05, 3.63) is 28.5 Å². The molecule has 0 spiro atoms. The summed E-state index contributed by atoms with van der Waals surface area (Å²) in [7, 11) is -3.79. The number of likely N-dealkylation sites (tertiary alicyclic amines) is 1. The number of carbonyl (C=O) groups is 1. The van der Waals surface area contributed by atoms with Crippen molar-refractivity contribution in [3.63, 3.8) is 0 Å². The summed E-state index contributed by atoms with van der Waals surface area (Å²) in [6.07, 6.45) is 1.04. The number of rotatable bonds is 5. The molecule has 0 unspecified atom stereocenters. The highest BCUT2D eigenvalue weighted by atomic mass is 79.9. The zero-order valence-electron chi connectivity index (χ0n) is 11.6. The van der Waals surface area contributed by atoms with Crippen LogP contribution in [0.1, 0.15) is 12.8 Å². The average molecular weight is 395 g/mol. The van der Waals surface area contributed by atoms with Crippen LogP contribution in [0, 0.1) is 5.82 Å². The molecule has 0 saturated carbocycles. The highest BCUT2D eigenvalue weighted by molar-refractivity contribution is 9.10. The molecule has 1 fully saturated rings. The summed E-state index contributed by atoms with van der Waals surface area (Å²) in [6, 6.07) is 3.36. The topological polar surface area (TPSA) is 86.7 Å². The zero-order chi connectivity index (χ0) is 16.3. The number of carboxylic acid groups (broad SMARTS) is 1. The lowest BCUT2D eigenvalue weighted by molar-refractivity contribution is -0.138. The second-order valence-corrected chi connectivity index (χ2v) is 7.71. The Morgan fingerprint density at radius 3 is 2.59 bits per heavy atom. The maximum atomic E-state index is 13.5. The Morgan fingerprint density at radius 2 is 2.05 bits per heavy atom. The number of halogens is 2. The number of sulfonamides is 1. The van der Waals surface area contributed by atoms with Gasteiger partial charge in [-0.05, 0) is 47.0 Å². The van der Waals surface area contributed by atoms with E-state index in [0.29, 0.717) is 25.9 Å². The van der Waals surface area contributed by atoms with Crippen molar-refractivity contribution in [1.82, 2.24) is 9.62 Å². The average Bonchev–Trinajstić information content (AvgIpc) is 2.43. The van der Waals surface area contributed by atoms with Crippen molar-refractivity contribution in [2.75, 3.05) is 19.6 Å². The standard InChI is InChI=1S/C13H16BrFN2O4S/c14-11-2-1-10(7-12(11)15)22(20,21)16-9-3-5-17(6-4-9)8-13(18)19/h1-2,7,9,16H,3-6,8H2,(H,18,19). The quantitative estimate of drug-likeness (QED) is 0.788. The molecule has 22 heavy (non-hydrogen) atoms. The third kappa shape index (κ3) is 4.48. The first kappa shape index (κ1) is 17.3. The molecule has 1 aliphatic rings. The summed E-state index contributed by atoms with van der Waals surface area (Å²) in [5.74, 6) is -1.54. The Morgan fingerprint density at radius 1 is 1.41 bits per heavy atom. The molecule has 1 aromatic rings. The van der Waals surface area contributed by atoms with Gasteiger partial charge in [-0.25, -0.2) is 17.5 Å². The Kier molecular flexibility index (Phi) is 5.54. The second-order valence-electron chi connectivity index (χ2n) is 5.14. The maximum Gasteiger partial charge on any atom is 0.317 e. The van der Waals surface area contributed by atoms with Gasteiger partial charge in [-0.2, -0.15) is 0 Å². The minimum Gasteiger partial charge on any atom is -0.480 e. The third-order valence-corrected chi connectivity index (χ3v) is 5.63. The number of aliphatic carboxylic acids is 1. The normalized spacial score (nSPS) is 17.5. The molecule has 9 heteroatoms. The molecule has 0 aromatic heterocycles. The van der Waals surface area contributed by atoms with Crippen LogP contribution in [0.3, 0.4) is 0 Å². The number of nitrogens with one attached hydrogen (secondary N) is 1. The fraction of sp³-hybridized carbons (Fsp3) is 0.462. The van der Waals surface area contributed by atoms with Crippen LogP contribution < -0.4 is 4.72 Å². The summed E-state index contributed by atoms with van der Waals surface area (Å²) in [5.41, 5.74) is 0. The van der Waals surface area contributed by atoms with Crippen molar-refractivity contribution in [1.29, 1.82) is 0 Å². The van der Waals surface area contributed by atoms with Gasteiger partial charge in [0.15, 0.2) is 0 Å². The molecule has 1 saturated heterocycles. The van der Waals surface area contributed by atoms with Crippen LogP contribution in [0.5, 0.6) is 0 Å². The van der Waals surface area contributed by atoms with Crippen LogP contribution in [0.2, 0.25) is 0 Å². The Balaban J connectivity index is 1.98. The Bertz CT molecular complexity index is 660. The maximum absolute atomic E-state index is 13.5. The number of piperidine rings is 1. The predicted octanol–water partition coefficient (Wildman–Crippen LogP) is 1.42. The highest BCUT2D eigenvalue weighted by Crippen LogP contribution is 2.20. The first-order valence-electron chi connectivity index (χ1n) is 6.69. The van der Waals surface area contributed by atoms with E-state index in [1.54, 1.807) is 4.90 Å². The van der Waals surface area contributed by atoms with Gasteiger partial charge >= 0.3 is 5.97 Å². The molecule has 6 nitrogen and oxygen atoms in total. The molecule has 0 amide bonds. The molecule has 0 bridgehead atoms. The molecule has 0 radical (unpaired) electrons. The smallest absolute Gasteiger partial charge is 0.317 e. The molecule has 1 aromatic carbocycles. The summed E-state index contributed by atoms with van der Waals surface area (Å²) in [6.45, 7) is 0.972. The van der Waals surface area contributed by atoms with E-state index in [1.807, 2.05) is 0 Å². The number of benzene rings is 1. The van der Waals surface area contributed by atoms with Crippen molar-refractivity contribution in [2.24, 2.45) is 0 Å². The monoisotopic (exact) mass is 394 g/mol. The lowest BCUT2D eigenvalue weighted by Gasteiger charge is -2.31. The Hall–Kier alpha value is -1.03. The summed E-state index contributed by atoms with van der Waals surface area (Å²) in [5, 5.41) is 8.72. The number of nitrogens with zero attached hydrogens (tertiary/aromatic N) is 1. The van der Waals surface area contributed by atoms with Crippen LogP contribution in [0.25, 0.3) is 0 Å². The van der Waals surface area contributed by atoms with Crippen LogP contribution in [0.15, 0.2) is 27.6 Å². The van der Waals surface area contributed by atoms with Gasteiger partial charge in [0.2, 0.25) is 10.0 Å². The minimum atomic E-state index is -3.79. The molecule has 0 atom stereocenters. The molecular formula is C13H16BrFN2O4S. The van der Waals surface area contributed by atoms with Gasteiger partial charge in [-0.1, -0.05) is 0 Å².